The molecule has 0 bridgehead atoms. The Morgan fingerprint density at radius 3 is 2.42 bits per heavy atom. The van der Waals surface area contributed by atoms with Gasteiger partial charge in [-0.25, -0.2) is 4.79 Å². The second-order valence-electron chi connectivity index (χ2n) is 10.5. The zero-order valence-corrected chi connectivity index (χ0v) is 22.0. The molecule has 4 N–H and O–H groups in total. The number of hydrogen-bond donors (Lipinski definition) is 3. The number of nitrogens with two attached hydrogens (primary N) is 1. The van der Waals surface area contributed by atoms with Crippen LogP contribution in [0.25, 0.3) is 5.57 Å². The predicted molar refractivity (Wildman–Crippen MR) is 150 cm³/mol. The van der Waals surface area contributed by atoms with Crippen LogP contribution >= 0.6 is 23.2 Å². The van der Waals surface area contributed by atoms with Gasteiger partial charge in [-0.3, -0.25) is 0 Å². The van der Waals surface area contributed by atoms with Gasteiger partial charge in [-0.1, -0.05) is 53.1 Å². The first kappa shape index (κ1) is 25.2. The fourth-order valence-corrected chi connectivity index (χ4v) is 6.08. The summed E-state index contributed by atoms with van der Waals surface area (Å²) in [5.41, 5.74) is 11.3. The Bertz CT molecular complexity index is 1160. The van der Waals surface area contributed by atoms with E-state index in [1.807, 2.05) is 18.2 Å². The van der Waals surface area contributed by atoms with E-state index in [0.29, 0.717) is 22.3 Å². The number of urea groups is 1. The molecule has 1 saturated heterocycles. The lowest BCUT2D eigenvalue weighted by molar-refractivity contribution is 0.124. The quantitative estimate of drug-likeness (QED) is 0.341. The number of likely N-dealkylation sites (tertiary alicyclic amines) is 1. The number of halogens is 2. The lowest BCUT2D eigenvalue weighted by Gasteiger charge is -2.44. The van der Waals surface area contributed by atoms with Gasteiger partial charge in [-0.2, -0.15) is 0 Å². The number of carbonyl (C=O) groups excluding carboxylic acids is 1. The maximum absolute atomic E-state index is 12.8. The molecule has 2 aromatic rings. The van der Waals surface area contributed by atoms with Gasteiger partial charge in [0.1, 0.15) is 0 Å². The first-order chi connectivity index (χ1) is 17.4. The Kier molecular flexibility index (Phi) is 7.61. The summed E-state index contributed by atoms with van der Waals surface area (Å²) in [6.07, 6.45) is 11.4. The summed E-state index contributed by atoms with van der Waals surface area (Å²) in [5.74, 6) is 0.892. The second kappa shape index (κ2) is 10.9. The fourth-order valence-electron chi connectivity index (χ4n) is 5.55. The highest BCUT2D eigenvalue weighted by molar-refractivity contribution is 6.35. The summed E-state index contributed by atoms with van der Waals surface area (Å²) in [6.45, 7) is 3.98. The van der Waals surface area contributed by atoms with Crippen LogP contribution in [-0.4, -0.2) is 37.1 Å². The van der Waals surface area contributed by atoms with Crippen LogP contribution in [0.4, 0.5) is 16.2 Å². The molecular formula is C29H34Cl2N4O. The summed E-state index contributed by atoms with van der Waals surface area (Å²) in [6, 6.07) is 12.9. The van der Waals surface area contributed by atoms with E-state index >= 15 is 0 Å². The van der Waals surface area contributed by atoms with Gasteiger partial charge < -0.3 is 21.3 Å². The van der Waals surface area contributed by atoms with E-state index in [4.69, 9.17) is 28.9 Å². The van der Waals surface area contributed by atoms with Crippen molar-refractivity contribution in [1.29, 1.82) is 0 Å². The highest BCUT2D eigenvalue weighted by Gasteiger charge is 2.39. The summed E-state index contributed by atoms with van der Waals surface area (Å²) in [5, 5.41) is 7.04. The van der Waals surface area contributed by atoms with Crippen LogP contribution < -0.4 is 16.4 Å². The zero-order valence-electron chi connectivity index (χ0n) is 20.5. The van der Waals surface area contributed by atoms with Crippen LogP contribution in [0.15, 0.2) is 60.2 Å². The van der Waals surface area contributed by atoms with Crippen molar-refractivity contribution < 1.29 is 4.79 Å². The van der Waals surface area contributed by atoms with Crippen molar-refractivity contribution in [3.05, 3.63) is 75.8 Å². The van der Waals surface area contributed by atoms with Gasteiger partial charge in [0.25, 0.3) is 0 Å². The van der Waals surface area contributed by atoms with Crippen LogP contribution in [0.3, 0.4) is 0 Å². The third kappa shape index (κ3) is 6.26. The van der Waals surface area contributed by atoms with E-state index in [1.54, 1.807) is 18.2 Å². The molecule has 0 aromatic heterocycles. The van der Waals surface area contributed by atoms with E-state index in [1.165, 1.54) is 36.1 Å². The van der Waals surface area contributed by atoms with E-state index in [9.17, 15) is 4.79 Å². The van der Waals surface area contributed by atoms with Crippen molar-refractivity contribution in [3.8, 4) is 0 Å². The molecule has 1 aliphatic heterocycles. The molecular weight excluding hydrogens is 491 g/mol. The molecule has 3 aliphatic rings. The number of carbonyl (C=O) groups is 1. The van der Waals surface area contributed by atoms with E-state index in [-0.39, 0.29) is 11.4 Å². The molecule has 1 saturated carbocycles. The number of nitrogens with one attached hydrogen (secondary N) is 2. The number of nitrogen functional groups attached to an aromatic ring is 1. The highest BCUT2D eigenvalue weighted by Crippen LogP contribution is 2.44. The van der Waals surface area contributed by atoms with Gasteiger partial charge >= 0.3 is 6.03 Å². The maximum atomic E-state index is 12.8. The predicted octanol–water partition coefficient (Wildman–Crippen LogP) is 6.99. The van der Waals surface area contributed by atoms with Crippen molar-refractivity contribution in [1.82, 2.24) is 10.2 Å². The number of piperidine rings is 1. The van der Waals surface area contributed by atoms with Gasteiger partial charge in [-0.15, -0.1) is 0 Å². The van der Waals surface area contributed by atoms with Crippen LogP contribution in [0.1, 0.15) is 44.1 Å². The molecule has 5 rings (SSSR count). The van der Waals surface area contributed by atoms with Gasteiger partial charge in [0.05, 0.1) is 0 Å². The van der Waals surface area contributed by atoms with E-state index in [0.717, 1.165) is 50.4 Å². The molecule has 0 radical (unpaired) electrons. The third-order valence-corrected chi connectivity index (χ3v) is 8.26. The molecule has 36 heavy (non-hydrogen) atoms. The molecule has 5 nitrogen and oxygen atoms in total. The fraction of sp³-hybridized carbons (Fsp3) is 0.414. The lowest BCUT2D eigenvalue weighted by Crippen LogP contribution is -2.48. The molecule has 2 aromatic carbocycles. The number of nitrogens with zero attached hydrogens (tertiary/aromatic N) is 1. The van der Waals surface area contributed by atoms with Crippen molar-refractivity contribution in [2.24, 2.45) is 11.3 Å². The number of benzene rings is 2. The molecule has 1 heterocycles. The minimum atomic E-state index is -0.236. The van der Waals surface area contributed by atoms with Gasteiger partial charge in [0, 0.05) is 39.9 Å². The first-order valence-corrected chi connectivity index (χ1v) is 13.6. The van der Waals surface area contributed by atoms with Crippen molar-refractivity contribution >= 4 is 46.2 Å². The van der Waals surface area contributed by atoms with Crippen molar-refractivity contribution in [2.75, 3.05) is 37.2 Å². The van der Waals surface area contributed by atoms with Gasteiger partial charge in [-0.05, 0) is 99.0 Å². The molecule has 2 amide bonds. The number of allylic oxidation sites excluding steroid dienone is 3. The number of hydrogen-bond acceptors (Lipinski definition) is 3. The average molecular weight is 526 g/mol. The number of amides is 2. The molecule has 190 valence electrons. The molecule has 0 unspecified atom stereocenters. The normalized spacial score (nSPS) is 19.8. The van der Waals surface area contributed by atoms with Crippen LogP contribution in [0.2, 0.25) is 10.0 Å². The van der Waals surface area contributed by atoms with Crippen LogP contribution in [0, 0.1) is 11.3 Å². The zero-order chi connectivity index (χ0) is 25.1. The summed E-state index contributed by atoms with van der Waals surface area (Å²) in [7, 11) is 0. The minimum Gasteiger partial charge on any atom is -0.399 e. The van der Waals surface area contributed by atoms with E-state index < -0.39 is 0 Å². The first-order valence-electron chi connectivity index (χ1n) is 12.9. The summed E-state index contributed by atoms with van der Waals surface area (Å²) in [4.78, 5) is 15.4. The van der Waals surface area contributed by atoms with Crippen molar-refractivity contribution in [3.63, 3.8) is 0 Å². The standard InChI is InChI=1S/C29H34Cl2N4O/c30-24-15-25(31)17-27(16-24)34-28(36)33-19-29(10-12-35(13-11-29)18-20-4-5-20)23-8-6-21(7-9-23)22-2-1-3-26(32)14-22/h1-3,6,8,14-17,20H,4-5,7,9-13,18-19,32H2,(H2,33,34,36). The van der Waals surface area contributed by atoms with Crippen LogP contribution in [0.5, 0.6) is 0 Å². The SMILES string of the molecule is Nc1cccc(C2=CC=C(C3(CNC(=O)Nc4cc(Cl)cc(Cl)c4)CCN(CC4CC4)CC3)CC2)c1. The largest absolute Gasteiger partial charge is 0.399 e. The van der Waals surface area contributed by atoms with Crippen molar-refractivity contribution in [2.45, 2.75) is 38.5 Å². The Labute approximate surface area is 223 Å². The molecule has 0 atom stereocenters. The van der Waals surface area contributed by atoms with Gasteiger partial charge in [0.2, 0.25) is 0 Å². The molecule has 7 heteroatoms. The van der Waals surface area contributed by atoms with Gasteiger partial charge in [0.15, 0.2) is 0 Å². The van der Waals surface area contributed by atoms with E-state index in [2.05, 4.69) is 33.8 Å². The Hall–Kier alpha value is -2.47. The lowest BCUT2D eigenvalue weighted by atomic mass is 9.69. The maximum Gasteiger partial charge on any atom is 0.319 e. The highest BCUT2D eigenvalue weighted by atomic mass is 35.5. The average Bonchev–Trinajstić information content (AvgIpc) is 3.67. The molecule has 2 aliphatic carbocycles. The molecule has 2 fully saturated rings. The summed E-state index contributed by atoms with van der Waals surface area (Å²) < 4.78 is 0. The Morgan fingerprint density at radius 2 is 1.78 bits per heavy atom. The monoisotopic (exact) mass is 524 g/mol. The summed E-state index contributed by atoms with van der Waals surface area (Å²) >= 11 is 12.2. The Morgan fingerprint density at radius 1 is 1.03 bits per heavy atom. The minimum absolute atomic E-state index is 0.0406. The molecule has 0 spiro atoms. The third-order valence-electron chi connectivity index (χ3n) is 7.82. The number of anilines is 2. The smallest absolute Gasteiger partial charge is 0.319 e. The second-order valence-corrected chi connectivity index (χ2v) is 11.4. The topological polar surface area (TPSA) is 70.4 Å². The van der Waals surface area contributed by atoms with Crippen LogP contribution in [-0.2, 0) is 0 Å². The number of rotatable bonds is 7. The Balaban J connectivity index is 1.30.